The summed E-state index contributed by atoms with van der Waals surface area (Å²) in [6.07, 6.45) is 6.13. The minimum absolute atomic E-state index is 0.0402. The Kier molecular flexibility index (Phi) is 4.99. The largest absolute Gasteiger partial charge is 0.356 e. The Balaban J connectivity index is 1.25. The number of hydrogen-bond donors (Lipinski definition) is 1. The minimum Gasteiger partial charge on any atom is -0.356 e. The maximum atomic E-state index is 12.9. The van der Waals surface area contributed by atoms with Gasteiger partial charge in [-0.05, 0) is 44.0 Å². The molecule has 1 aliphatic heterocycles. The lowest BCUT2D eigenvalue weighted by atomic mass is 9.95. The molecule has 4 heterocycles. The Hall–Kier alpha value is -3.88. The molecular formula is C22H22N8O. The SMILES string of the molecule is Cc1ccc2c(NC(=O)C3CCN(c4cc(-n5cncn5)ncn4)CC3)cccc2n1. The lowest BCUT2D eigenvalue weighted by molar-refractivity contribution is -0.120. The average Bonchev–Trinajstić information content (AvgIpc) is 3.34. The molecule has 9 nitrogen and oxygen atoms in total. The van der Waals surface area contributed by atoms with Crippen molar-refractivity contribution in [2.75, 3.05) is 23.3 Å². The Morgan fingerprint density at radius 1 is 1.06 bits per heavy atom. The van der Waals surface area contributed by atoms with Gasteiger partial charge in [0, 0.05) is 36.2 Å². The average molecular weight is 414 g/mol. The summed E-state index contributed by atoms with van der Waals surface area (Å²) in [5.41, 5.74) is 2.66. The van der Waals surface area contributed by atoms with Gasteiger partial charge < -0.3 is 10.2 Å². The summed E-state index contributed by atoms with van der Waals surface area (Å²) < 4.78 is 1.60. The molecule has 1 fully saturated rings. The number of carbonyl (C=O) groups is 1. The molecule has 156 valence electrons. The van der Waals surface area contributed by atoms with Crippen molar-refractivity contribution in [3.05, 3.63) is 61.1 Å². The Morgan fingerprint density at radius 2 is 1.90 bits per heavy atom. The van der Waals surface area contributed by atoms with E-state index in [1.54, 1.807) is 11.0 Å². The smallest absolute Gasteiger partial charge is 0.227 e. The zero-order chi connectivity index (χ0) is 21.2. The van der Waals surface area contributed by atoms with Crippen LogP contribution in [0.25, 0.3) is 16.7 Å². The van der Waals surface area contributed by atoms with Crippen LogP contribution in [0.5, 0.6) is 0 Å². The van der Waals surface area contributed by atoms with Crippen molar-refractivity contribution >= 4 is 28.3 Å². The second-order valence-electron chi connectivity index (χ2n) is 7.65. The van der Waals surface area contributed by atoms with Gasteiger partial charge in [-0.2, -0.15) is 5.10 Å². The van der Waals surface area contributed by atoms with Crippen LogP contribution in [0.2, 0.25) is 0 Å². The van der Waals surface area contributed by atoms with E-state index in [0.717, 1.165) is 54.0 Å². The van der Waals surface area contributed by atoms with Crippen molar-refractivity contribution < 1.29 is 4.79 Å². The monoisotopic (exact) mass is 414 g/mol. The van der Waals surface area contributed by atoms with E-state index >= 15 is 0 Å². The van der Waals surface area contributed by atoms with E-state index in [4.69, 9.17) is 0 Å². The Bertz CT molecular complexity index is 1220. The number of pyridine rings is 1. The molecular weight excluding hydrogens is 392 g/mol. The highest BCUT2D eigenvalue weighted by atomic mass is 16.1. The fourth-order valence-corrected chi connectivity index (χ4v) is 3.93. The lowest BCUT2D eigenvalue weighted by Gasteiger charge is -2.32. The number of hydrogen-bond acceptors (Lipinski definition) is 7. The van der Waals surface area contributed by atoms with Gasteiger partial charge in [-0.15, -0.1) is 0 Å². The van der Waals surface area contributed by atoms with Crippen molar-refractivity contribution in [2.24, 2.45) is 5.92 Å². The predicted octanol–water partition coefficient (Wildman–Crippen LogP) is 2.77. The van der Waals surface area contributed by atoms with E-state index in [1.807, 2.05) is 43.3 Å². The first-order valence-electron chi connectivity index (χ1n) is 10.3. The van der Waals surface area contributed by atoms with Gasteiger partial charge in [0.05, 0.1) is 11.2 Å². The molecule has 1 N–H and O–H groups in total. The molecule has 4 aromatic rings. The number of aryl methyl sites for hydroxylation is 1. The van der Waals surface area contributed by atoms with Crippen LogP contribution < -0.4 is 10.2 Å². The number of nitrogens with zero attached hydrogens (tertiary/aromatic N) is 7. The van der Waals surface area contributed by atoms with Gasteiger partial charge in [0.15, 0.2) is 5.82 Å². The van der Waals surface area contributed by atoms with Gasteiger partial charge in [0.2, 0.25) is 5.91 Å². The van der Waals surface area contributed by atoms with E-state index in [2.05, 4.69) is 35.3 Å². The van der Waals surface area contributed by atoms with E-state index in [-0.39, 0.29) is 11.8 Å². The Labute approximate surface area is 179 Å². The molecule has 0 aliphatic carbocycles. The second kappa shape index (κ2) is 8.10. The topological polar surface area (TPSA) is 102 Å². The molecule has 1 aromatic carbocycles. The second-order valence-corrected chi connectivity index (χ2v) is 7.65. The van der Waals surface area contributed by atoms with Gasteiger partial charge in [0.25, 0.3) is 0 Å². The van der Waals surface area contributed by atoms with Crippen LogP contribution in [0.15, 0.2) is 55.4 Å². The van der Waals surface area contributed by atoms with Crippen molar-refractivity contribution in [2.45, 2.75) is 19.8 Å². The van der Waals surface area contributed by atoms with Crippen molar-refractivity contribution in [1.82, 2.24) is 29.7 Å². The van der Waals surface area contributed by atoms with Gasteiger partial charge in [-0.1, -0.05) is 6.07 Å². The first-order chi connectivity index (χ1) is 15.2. The van der Waals surface area contributed by atoms with Gasteiger partial charge in [0.1, 0.15) is 24.8 Å². The van der Waals surface area contributed by atoms with Crippen LogP contribution >= 0.6 is 0 Å². The standard InChI is InChI=1S/C22H22N8O/c1-15-5-6-17-18(27-15)3-2-4-19(17)28-22(31)16-7-9-29(10-8-16)20-11-21(25-13-24-20)30-14-23-12-26-30/h2-6,11-14,16H,7-10H2,1H3,(H,28,31). The van der Waals surface area contributed by atoms with Gasteiger partial charge in [-0.25, -0.2) is 19.6 Å². The lowest BCUT2D eigenvalue weighted by Crippen LogP contribution is -2.38. The molecule has 0 radical (unpaired) electrons. The zero-order valence-corrected chi connectivity index (χ0v) is 17.1. The molecule has 9 heteroatoms. The highest BCUT2D eigenvalue weighted by Crippen LogP contribution is 2.26. The van der Waals surface area contributed by atoms with Crippen LogP contribution in [0, 0.1) is 12.8 Å². The van der Waals surface area contributed by atoms with Gasteiger partial charge in [-0.3, -0.25) is 9.78 Å². The maximum absolute atomic E-state index is 12.9. The molecule has 3 aromatic heterocycles. The van der Waals surface area contributed by atoms with Crippen LogP contribution in [-0.2, 0) is 4.79 Å². The normalized spacial score (nSPS) is 14.7. The minimum atomic E-state index is -0.0402. The molecule has 0 saturated carbocycles. The summed E-state index contributed by atoms with van der Waals surface area (Å²) in [4.78, 5) is 32.3. The fraction of sp³-hybridized carbons (Fsp3) is 0.273. The number of aromatic nitrogens is 6. The quantitative estimate of drug-likeness (QED) is 0.548. The number of benzene rings is 1. The highest BCUT2D eigenvalue weighted by Gasteiger charge is 2.26. The van der Waals surface area contributed by atoms with Crippen LogP contribution in [0.3, 0.4) is 0 Å². The first kappa shape index (κ1) is 19.1. The number of fused-ring (bicyclic) bond motifs is 1. The molecule has 0 atom stereocenters. The highest BCUT2D eigenvalue weighted by molar-refractivity contribution is 6.01. The third-order valence-corrected chi connectivity index (χ3v) is 5.61. The molecule has 1 aliphatic rings. The van der Waals surface area contributed by atoms with Gasteiger partial charge >= 0.3 is 0 Å². The number of anilines is 2. The van der Waals surface area contributed by atoms with E-state index in [1.165, 1.54) is 12.7 Å². The summed E-state index contributed by atoms with van der Waals surface area (Å²) in [6.45, 7) is 3.47. The summed E-state index contributed by atoms with van der Waals surface area (Å²) in [5.74, 6) is 1.51. The molecule has 0 unspecified atom stereocenters. The number of piperidine rings is 1. The molecule has 31 heavy (non-hydrogen) atoms. The van der Waals surface area contributed by atoms with Crippen LogP contribution in [-0.4, -0.2) is 48.7 Å². The van der Waals surface area contributed by atoms with Crippen LogP contribution in [0.1, 0.15) is 18.5 Å². The number of carbonyl (C=O) groups excluding carboxylic acids is 1. The third kappa shape index (κ3) is 3.94. The summed E-state index contributed by atoms with van der Waals surface area (Å²) in [5, 5.41) is 8.19. The van der Waals surface area contributed by atoms with E-state index < -0.39 is 0 Å². The maximum Gasteiger partial charge on any atom is 0.227 e. The zero-order valence-electron chi connectivity index (χ0n) is 17.1. The summed E-state index contributed by atoms with van der Waals surface area (Å²) in [6, 6.07) is 11.7. The molecule has 5 rings (SSSR count). The van der Waals surface area contributed by atoms with E-state index in [0.29, 0.717) is 5.82 Å². The Morgan fingerprint density at radius 3 is 2.71 bits per heavy atom. The summed E-state index contributed by atoms with van der Waals surface area (Å²) >= 11 is 0. The van der Waals surface area contributed by atoms with Crippen LogP contribution in [0.4, 0.5) is 11.5 Å². The molecule has 1 saturated heterocycles. The fourth-order valence-electron chi connectivity index (χ4n) is 3.93. The van der Waals surface area contributed by atoms with Crippen molar-refractivity contribution in [1.29, 1.82) is 0 Å². The summed E-state index contributed by atoms with van der Waals surface area (Å²) in [7, 11) is 0. The van der Waals surface area contributed by atoms with E-state index in [9.17, 15) is 4.79 Å². The number of nitrogens with one attached hydrogen (secondary N) is 1. The molecule has 0 bridgehead atoms. The predicted molar refractivity (Wildman–Crippen MR) is 117 cm³/mol. The number of rotatable bonds is 4. The third-order valence-electron chi connectivity index (χ3n) is 5.61. The van der Waals surface area contributed by atoms with Crippen molar-refractivity contribution in [3.63, 3.8) is 0 Å². The van der Waals surface area contributed by atoms with Crippen molar-refractivity contribution in [3.8, 4) is 5.82 Å². The molecule has 1 amide bonds. The number of amides is 1. The molecule has 0 spiro atoms. The first-order valence-corrected chi connectivity index (χ1v) is 10.3.